The number of nitrogens with one attached hydrogen (secondary N) is 1. The molecule has 2 atom stereocenters. The highest BCUT2D eigenvalue weighted by molar-refractivity contribution is 5.91. The molecule has 0 aliphatic rings. The van der Waals surface area contributed by atoms with Crippen molar-refractivity contribution in [1.29, 1.82) is 0 Å². The van der Waals surface area contributed by atoms with Gasteiger partial charge in [-0.15, -0.1) is 0 Å². The fourth-order valence-electron chi connectivity index (χ4n) is 2.51. The number of carbonyl (C=O) groups is 2. The molecular weight excluding hydrogens is 339 g/mol. The van der Waals surface area contributed by atoms with Crippen molar-refractivity contribution in [3.05, 3.63) is 35.9 Å². The standard InChI is InChI=1S/C17H22F3NO4/c1-11(2)10-13(14(22)24-3)21-15(23)16(25-4,17(18,19)20)12-8-6-5-7-9-12/h5-9,11,13H,10H2,1-4H3,(H,21,23)/t13-,16?/m0/s1. The lowest BCUT2D eigenvalue weighted by Gasteiger charge is -2.34. The molecule has 25 heavy (non-hydrogen) atoms. The SMILES string of the molecule is COC(=O)[C@H](CC(C)C)NC(=O)C(OC)(c1ccccc1)C(F)(F)F. The molecule has 0 aliphatic carbocycles. The molecular formula is C17H22F3NO4. The normalized spacial score (nSPS) is 15.4. The Balaban J connectivity index is 3.31. The van der Waals surface area contributed by atoms with Crippen LogP contribution >= 0.6 is 0 Å². The topological polar surface area (TPSA) is 64.6 Å². The molecule has 0 spiro atoms. The van der Waals surface area contributed by atoms with Crippen LogP contribution in [0.5, 0.6) is 0 Å². The maximum atomic E-state index is 13.8. The van der Waals surface area contributed by atoms with Crippen molar-refractivity contribution in [1.82, 2.24) is 5.32 Å². The summed E-state index contributed by atoms with van der Waals surface area (Å²) in [6, 6.07) is 5.34. The van der Waals surface area contributed by atoms with Crippen molar-refractivity contribution in [2.45, 2.75) is 38.1 Å². The van der Waals surface area contributed by atoms with Crippen molar-refractivity contribution in [3.63, 3.8) is 0 Å². The van der Waals surface area contributed by atoms with E-state index in [9.17, 15) is 22.8 Å². The van der Waals surface area contributed by atoms with Gasteiger partial charge in [0.05, 0.1) is 7.11 Å². The van der Waals surface area contributed by atoms with E-state index in [0.717, 1.165) is 26.4 Å². The molecule has 0 heterocycles. The first-order valence-electron chi connectivity index (χ1n) is 7.66. The lowest BCUT2D eigenvalue weighted by molar-refractivity contribution is -0.266. The highest BCUT2D eigenvalue weighted by Gasteiger charge is 2.63. The van der Waals surface area contributed by atoms with E-state index < -0.39 is 29.7 Å². The van der Waals surface area contributed by atoms with E-state index in [-0.39, 0.29) is 17.9 Å². The molecule has 0 fully saturated rings. The first kappa shape index (κ1) is 21.0. The van der Waals surface area contributed by atoms with Gasteiger partial charge in [0, 0.05) is 12.7 Å². The second-order valence-corrected chi connectivity index (χ2v) is 5.93. The van der Waals surface area contributed by atoms with Crippen LogP contribution in [0.1, 0.15) is 25.8 Å². The minimum absolute atomic E-state index is 0.0519. The predicted molar refractivity (Wildman–Crippen MR) is 84.6 cm³/mol. The number of ether oxygens (including phenoxy) is 2. The quantitative estimate of drug-likeness (QED) is 0.759. The van der Waals surface area contributed by atoms with E-state index >= 15 is 0 Å². The number of hydrogen-bond acceptors (Lipinski definition) is 4. The van der Waals surface area contributed by atoms with E-state index in [1.807, 2.05) is 0 Å². The number of esters is 1. The minimum Gasteiger partial charge on any atom is -0.467 e. The Bertz CT molecular complexity index is 589. The number of benzene rings is 1. The van der Waals surface area contributed by atoms with Crippen molar-refractivity contribution in [3.8, 4) is 0 Å². The van der Waals surface area contributed by atoms with E-state index in [1.165, 1.54) is 18.2 Å². The lowest BCUT2D eigenvalue weighted by atomic mass is 9.90. The van der Waals surface area contributed by atoms with E-state index in [0.29, 0.717) is 0 Å². The first-order valence-corrected chi connectivity index (χ1v) is 7.66. The number of halogens is 3. The number of rotatable bonds is 7. The molecule has 1 N–H and O–H groups in total. The monoisotopic (exact) mass is 361 g/mol. The number of hydrogen-bond donors (Lipinski definition) is 1. The zero-order chi connectivity index (χ0) is 19.3. The summed E-state index contributed by atoms with van der Waals surface area (Å²) in [6.45, 7) is 3.54. The number of alkyl halides is 3. The van der Waals surface area contributed by atoms with Gasteiger partial charge < -0.3 is 14.8 Å². The van der Waals surface area contributed by atoms with Crippen LogP contribution in [0.2, 0.25) is 0 Å². The average Bonchev–Trinajstić information content (AvgIpc) is 2.54. The summed E-state index contributed by atoms with van der Waals surface area (Å²) in [4.78, 5) is 24.4. The fourth-order valence-corrected chi connectivity index (χ4v) is 2.51. The highest BCUT2D eigenvalue weighted by Crippen LogP contribution is 2.42. The van der Waals surface area contributed by atoms with Crippen molar-refractivity contribution >= 4 is 11.9 Å². The van der Waals surface area contributed by atoms with E-state index in [4.69, 9.17) is 0 Å². The molecule has 0 saturated heterocycles. The van der Waals surface area contributed by atoms with Crippen LogP contribution in [-0.2, 0) is 24.7 Å². The second-order valence-electron chi connectivity index (χ2n) is 5.93. The van der Waals surface area contributed by atoms with Crippen LogP contribution < -0.4 is 5.32 Å². The Kier molecular flexibility index (Phi) is 6.98. The lowest BCUT2D eigenvalue weighted by Crippen LogP contribution is -2.58. The molecule has 5 nitrogen and oxygen atoms in total. The Labute approximate surface area is 144 Å². The Morgan fingerprint density at radius 1 is 1.12 bits per heavy atom. The molecule has 0 aliphatic heterocycles. The predicted octanol–water partition coefficient (Wildman–Crippen LogP) is 2.79. The smallest absolute Gasteiger partial charge is 0.430 e. The summed E-state index contributed by atoms with van der Waals surface area (Å²) in [5, 5.41) is 2.14. The Morgan fingerprint density at radius 3 is 2.08 bits per heavy atom. The zero-order valence-electron chi connectivity index (χ0n) is 14.5. The molecule has 0 aromatic heterocycles. The van der Waals surface area contributed by atoms with Gasteiger partial charge in [-0.1, -0.05) is 44.2 Å². The van der Waals surface area contributed by atoms with E-state index in [1.54, 1.807) is 13.8 Å². The van der Waals surface area contributed by atoms with Gasteiger partial charge in [-0.25, -0.2) is 4.79 Å². The minimum atomic E-state index is -5.04. The van der Waals surface area contributed by atoms with Crippen LogP contribution in [0.4, 0.5) is 13.2 Å². The molecule has 1 unspecified atom stereocenters. The summed E-state index contributed by atoms with van der Waals surface area (Å²) >= 11 is 0. The zero-order valence-corrected chi connectivity index (χ0v) is 14.5. The van der Waals surface area contributed by atoms with Gasteiger partial charge in [-0.05, 0) is 12.3 Å². The number of methoxy groups -OCH3 is 2. The summed E-state index contributed by atoms with van der Waals surface area (Å²) in [5.74, 6) is -2.34. The second kappa shape index (κ2) is 8.33. The van der Waals surface area contributed by atoms with Crippen molar-refractivity contribution in [2.24, 2.45) is 5.92 Å². The van der Waals surface area contributed by atoms with Crippen LogP contribution in [0.3, 0.4) is 0 Å². The largest absolute Gasteiger partial charge is 0.467 e. The highest BCUT2D eigenvalue weighted by atomic mass is 19.4. The average molecular weight is 361 g/mol. The van der Waals surface area contributed by atoms with Gasteiger partial charge in [-0.3, -0.25) is 4.79 Å². The van der Waals surface area contributed by atoms with Crippen LogP contribution in [0.25, 0.3) is 0 Å². The van der Waals surface area contributed by atoms with Gasteiger partial charge in [-0.2, -0.15) is 13.2 Å². The Hall–Kier alpha value is -2.09. The van der Waals surface area contributed by atoms with Crippen LogP contribution in [0, 0.1) is 5.92 Å². The summed E-state index contributed by atoms with van der Waals surface area (Å²) in [6.07, 6.45) is -4.91. The maximum absolute atomic E-state index is 13.8. The van der Waals surface area contributed by atoms with E-state index in [2.05, 4.69) is 14.8 Å². The Morgan fingerprint density at radius 2 is 1.68 bits per heavy atom. The summed E-state index contributed by atoms with van der Waals surface area (Å²) in [5.41, 5.74) is -3.60. The van der Waals surface area contributed by atoms with Crippen molar-refractivity contribution < 1.29 is 32.2 Å². The van der Waals surface area contributed by atoms with Gasteiger partial charge in [0.1, 0.15) is 6.04 Å². The number of amides is 1. The van der Waals surface area contributed by atoms with Gasteiger partial charge in [0.25, 0.3) is 11.5 Å². The molecule has 1 aromatic rings. The molecule has 8 heteroatoms. The molecule has 140 valence electrons. The fraction of sp³-hybridized carbons (Fsp3) is 0.529. The molecule has 0 bridgehead atoms. The molecule has 1 amide bonds. The van der Waals surface area contributed by atoms with Gasteiger partial charge in [0.15, 0.2) is 0 Å². The molecule has 0 radical (unpaired) electrons. The van der Waals surface area contributed by atoms with Crippen LogP contribution in [-0.4, -0.2) is 38.3 Å². The number of carbonyl (C=O) groups excluding carboxylic acids is 2. The van der Waals surface area contributed by atoms with Crippen molar-refractivity contribution in [2.75, 3.05) is 14.2 Å². The first-order chi connectivity index (χ1) is 11.6. The third-order valence-corrected chi connectivity index (χ3v) is 3.70. The summed E-state index contributed by atoms with van der Waals surface area (Å²) in [7, 11) is 1.90. The van der Waals surface area contributed by atoms with Gasteiger partial charge in [0.2, 0.25) is 0 Å². The van der Waals surface area contributed by atoms with Gasteiger partial charge >= 0.3 is 12.1 Å². The van der Waals surface area contributed by atoms with Crippen LogP contribution in [0.15, 0.2) is 30.3 Å². The molecule has 1 aromatic carbocycles. The third kappa shape index (κ3) is 4.50. The summed E-state index contributed by atoms with van der Waals surface area (Å²) < 4.78 is 50.7. The third-order valence-electron chi connectivity index (χ3n) is 3.70. The maximum Gasteiger partial charge on any atom is 0.430 e. The molecule has 1 rings (SSSR count). The molecule has 0 saturated carbocycles.